The van der Waals surface area contributed by atoms with Crippen LogP contribution in [0.2, 0.25) is 10.0 Å². The molecule has 1 aromatic rings. The van der Waals surface area contributed by atoms with Gasteiger partial charge >= 0.3 is 0 Å². The minimum absolute atomic E-state index is 0.334. The summed E-state index contributed by atoms with van der Waals surface area (Å²) in [5.41, 5.74) is 0.599. The lowest BCUT2D eigenvalue weighted by molar-refractivity contribution is 0.140. The number of hydrogen-bond acceptors (Lipinski definition) is 3. The molecule has 0 spiro atoms. The van der Waals surface area contributed by atoms with E-state index in [4.69, 9.17) is 23.2 Å². The number of aliphatic hydroxyl groups is 2. The summed E-state index contributed by atoms with van der Waals surface area (Å²) in [7, 11) is 0. The lowest BCUT2D eigenvalue weighted by atomic mass is 10.1. The monoisotopic (exact) mass is 291 g/mol. The Hall–Kier alpha value is -0.320. The zero-order valence-corrected chi connectivity index (χ0v) is 11.9. The van der Waals surface area contributed by atoms with Crippen molar-refractivity contribution in [2.24, 2.45) is 0 Å². The summed E-state index contributed by atoms with van der Waals surface area (Å²) in [5, 5.41) is 23.6. The van der Waals surface area contributed by atoms with Gasteiger partial charge in [0.15, 0.2) is 0 Å². The van der Waals surface area contributed by atoms with Gasteiger partial charge in [-0.05, 0) is 24.6 Å². The average Bonchev–Trinajstić information content (AvgIpc) is 2.32. The summed E-state index contributed by atoms with van der Waals surface area (Å²) in [5.74, 6) is 0. The van der Waals surface area contributed by atoms with E-state index in [1.807, 2.05) is 6.92 Å². The van der Waals surface area contributed by atoms with Crippen LogP contribution in [0.1, 0.15) is 31.4 Å². The molecule has 0 aromatic heterocycles. The van der Waals surface area contributed by atoms with E-state index in [2.05, 4.69) is 5.32 Å². The molecule has 0 aliphatic carbocycles. The highest BCUT2D eigenvalue weighted by atomic mass is 35.5. The van der Waals surface area contributed by atoms with Gasteiger partial charge in [0.2, 0.25) is 0 Å². The molecule has 3 nitrogen and oxygen atoms in total. The first-order valence-electron chi connectivity index (χ1n) is 6.06. The Labute approximate surface area is 118 Å². The Morgan fingerprint density at radius 2 is 1.94 bits per heavy atom. The fourth-order valence-electron chi connectivity index (χ4n) is 1.70. The van der Waals surface area contributed by atoms with Gasteiger partial charge < -0.3 is 15.5 Å². The molecular formula is C13H19Cl2NO2. The molecule has 0 bridgehead atoms. The van der Waals surface area contributed by atoms with E-state index < -0.39 is 6.10 Å². The molecule has 0 aliphatic heterocycles. The molecule has 0 aliphatic rings. The summed E-state index contributed by atoms with van der Waals surface area (Å²) < 4.78 is 0. The summed E-state index contributed by atoms with van der Waals surface area (Å²) in [6, 6.07) is 4.99. The van der Waals surface area contributed by atoms with Crippen LogP contribution < -0.4 is 5.32 Å². The lowest BCUT2D eigenvalue weighted by Gasteiger charge is -2.16. The maximum absolute atomic E-state index is 9.98. The van der Waals surface area contributed by atoms with Gasteiger partial charge in [-0.15, -0.1) is 0 Å². The molecule has 0 radical (unpaired) electrons. The van der Waals surface area contributed by atoms with Crippen LogP contribution in [0.3, 0.4) is 0 Å². The predicted octanol–water partition coefficient (Wildman–Crippen LogP) is 2.78. The van der Waals surface area contributed by atoms with Crippen LogP contribution in [0.4, 0.5) is 0 Å². The van der Waals surface area contributed by atoms with Crippen LogP contribution in [0, 0.1) is 0 Å². The van der Waals surface area contributed by atoms with Crippen molar-refractivity contribution in [3.8, 4) is 0 Å². The minimum Gasteiger partial charge on any atom is -0.392 e. The number of benzene rings is 1. The minimum atomic E-state index is -0.731. The van der Waals surface area contributed by atoms with Crippen molar-refractivity contribution >= 4 is 23.2 Å². The van der Waals surface area contributed by atoms with E-state index in [0.29, 0.717) is 28.7 Å². The Morgan fingerprint density at radius 1 is 1.22 bits per heavy atom. The quantitative estimate of drug-likeness (QED) is 0.724. The van der Waals surface area contributed by atoms with Crippen molar-refractivity contribution in [3.05, 3.63) is 33.8 Å². The van der Waals surface area contributed by atoms with E-state index in [1.54, 1.807) is 18.2 Å². The van der Waals surface area contributed by atoms with Gasteiger partial charge in [0.25, 0.3) is 0 Å². The number of rotatable bonds is 7. The van der Waals surface area contributed by atoms with E-state index in [-0.39, 0.29) is 6.10 Å². The standard InChI is InChI=1S/C13H19Cl2NO2/c1-2-3-10(17)7-16-8-13(18)11-6-9(14)4-5-12(11)15/h4-6,10,13,16-18H,2-3,7-8H2,1H3. The Morgan fingerprint density at radius 3 is 2.61 bits per heavy atom. The van der Waals surface area contributed by atoms with Crippen molar-refractivity contribution in [2.75, 3.05) is 13.1 Å². The number of hydrogen-bond donors (Lipinski definition) is 3. The van der Waals surface area contributed by atoms with Crippen LogP contribution in [0.25, 0.3) is 0 Å². The van der Waals surface area contributed by atoms with Crippen molar-refractivity contribution in [3.63, 3.8) is 0 Å². The zero-order valence-electron chi connectivity index (χ0n) is 10.4. The second-order valence-corrected chi connectivity index (χ2v) is 5.13. The SMILES string of the molecule is CCCC(O)CNCC(O)c1cc(Cl)ccc1Cl. The number of nitrogens with one attached hydrogen (secondary N) is 1. The molecule has 18 heavy (non-hydrogen) atoms. The molecule has 1 aromatic carbocycles. The van der Waals surface area contributed by atoms with Crippen LogP contribution in [0.5, 0.6) is 0 Å². The van der Waals surface area contributed by atoms with Crippen LogP contribution >= 0.6 is 23.2 Å². The van der Waals surface area contributed by atoms with E-state index in [1.165, 1.54) is 0 Å². The zero-order chi connectivity index (χ0) is 13.5. The van der Waals surface area contributed by atoms with Crippen LogP contribution in [-0.4, -0.2) is 29.4 Å². The molecule has 3 N–H and O–H groups in total. The Kier molecular flexibility index (Phi) is 6.97. The summed E-state index contributed by atoms with van der Waals surface area (Å²) >= 11 is 11.8. The van der Waals surface area contributed by atoms with E-state index in [0.717, 1.165) is 12.8 Å². The normalized spacial score (nSPS) is 14.5. The number of aliphatic hydroxyl groups excluding tert-OH is 2. The summed E-state index contributed by atoms with van der Waals surface area (Å²) in [6.07, 6.45) is 0.578. The largest absolute Gasteiger partial charge is 0.392 e. The molecule has 0 fully saturated rings. The molecule has 0 saturated heterocycles. The lowest BCUT2D eigenvalue weighted by Crippen LogP contribution is -2.30. The third-order valence-electron chi connectivity index (χ3n) is 2.66. The van der Waals surface area contributed by atoms with Gasteiger partial charge in [-0.25, -0.2) is 0 Å². The van der Waals surface area contributed by atoms with Crippen molar-refractivity contribution in [1.29, 1.82) is 0 Å². The highest BCUT2D eigenvalue weighted by Crippen LogP contribution is 2.25. The van der Waals surface area contributed by atoms with Crippen molar-refractivity contribution < 1.29 is 10.2 Å². The fourth-order valence-corrected chi connectivity index (χ4v) is 2.13. The first-order chi connectivity index (χ1) is 8.54. The van der Waals surface area contributed by atoms with Crippen molar-refractivity contribution in [2.45, 2.75) is 32.0 Å². The van der Waals surface area contributed by atoms with Gasteiger partial charge in [-0.3, -0.25) is 0 Å². The summed E-state index contributed by atoms with van der Waals surface area (Å²) in [6.45, 7) is 2.81. The average molecular weight is 292 g/mol. The fraction of sp³-hybridized carbons (Fsp3) is 0.538. The van der Waals surface area contributed by atoms with Crippen molar-refractivity contribution in [1.82, 2.24) is 5.32 Å². The number of halogens is 2. The maximum Gasteiger partial charge on any atom is 0.0929 e. The molecule has 5 heteroatoms. The van der Waals surface area contributed by atoms with Gasteiger partial charge in [-0.1, -0.05) is 36.5 Å². The van der Waals surface area contributed by atoms with Gasteiger partial charge in [0, 0.05) is 28.7 Å². The van der Waals surface area contributed by atoms with Crippen LogP contribution in [-0.2, 0) is 0 Å². The second-order valence-electron chi connectivity index (χ2n) is 4.28. The van der Waals surface area contributed by atoms with E-state index >= 15 is 0 Å². The van der Waals surface area contributed by atoms with Gasteiger partial charge in [-0.2, -0.15) is 0 Å². The first kappa shape index (κ1) is 15.7. The van der Waals surface area contributed by atoms with Gasteiger partial charge in [0.05, 0.1) is 12.2 Å². The third-order valence-corrected chi connectivity index (χ3v) is 3.24. The van der Waals surface area contributed by atoms with Gasteiger partial charge in [0.1, 0.15) is 0 Å². The molecule has 0 heterocycles. The smallest absolute Gasteiger partial charge is 0.0929 e. The molecule has 2 unspecified atom stereocenters. The summed E-state index contributed by atoms with van der Waals surface area (Å²) in [4.78, 5) is 0. The first-order valence-corrected chi connectivity index (χ1v) is 6.82. The highest BCUT2D eigenvalue weighted by Gasteiger charge is 2.12. The molecule has 1 rings (SSSR count). The van der Waals surface area contributed by atoms with E-state index in [9.17, 15) is 10.2 Å². The maximum atomic E-state index is 9.98. The molecule has 0 saturated carbocycles. The third kappa shape index (κ3) is 5.12. The second kappa shape index (κ2) is 7.97. The molecule has 0 amide bonds. The molecule has 102 valence electrons. The predicted molar refractivity (Wildman–Crippen MR) is 75.2 cm³/mol. The highest BCUT2D eigenvalue weighted by molar-refractivity contribution is 6.33. The molecular weight excluding hydrogens is 273 g/mol. The molecule has 2 atom stereocenters. The topological polar surface area (TPSA) is 52.5 Å². The van der Waals surface area contributed by atoms with Crippen LogP contribution in [0.15, 0.2) is 18.2 Å². The Balaban J connectivity index is 2.45. The Bertz CT molecular complexity index is 374.